The molecule has 5 aliphatic heterocycles. The van der Waals surface area contributed by atoms with E-state index in [9.17, 15) is 0 Å². The van der Waals surface area contributed by atoms with Gasteiger partial charge in [0, 0.05) is 45.6 Å². The molecule has 10 heteroatoms. The van der Waals surface area contributed by atoms with Crippen LogP contribution < -0.4 is 54.6 Å². The highest BCUT2D eigenvalue weighted by Crippen LogP contribution is 2.52. The van der Waals surface area contributed by atoms with E-state index < -0.39 is 0 Å². The van der Waals surface area contributed by atoms with Crippen molar-refractivity contribution >= 4 is 68.4 Å². The first-order valence-electron chi connectivity index (χ1n) is 20.1. The molecule has 6 aromatic rings. The zero-order chi connectivity index (χ0) is 38.9. The van der Waals surface area contributed by atoms with Crippen LogP contribution in [-0.4, -0.2) is 46.4 Å². The minimum Gasteiger partial charge on any atom is -0.486 e. The minimum absolute atomic E-state index is 0.0747. The summed E-state index contributed by atoms with van der Waals surface area (Å²) in [5, 5.41) is 1.10. The van der Waals surface area contributed by atoms with E-state index in [1.807, 2.05) is 6.07 Å². The zero-order valence-corrected chi connectivity index (χ0v) is 33.5. The monoisotopic (exact) mass is 760 g/mol. The third-order valence-corrected chi connectivity index (χ3v) is 12.1. The van der Waals surface area contributed by atoms with Crippen molar-refractivity contribution in [3.8, 4) is 34.5 Å². The summed E-state index contributed by atoms with van der Waals surface area (Å²) in [6.45, 7) is 18.4. The number of hydrogen-bond donors (Lipinski definition) is 0. The van der Waals surface area contributed by atoms with Crippen molar-refractivity contribution in [2.45, 2.75) is 59.8 Å². The average Bonchev–Trinajstić information content (AvgIpc) is 3.59. The first kappa shape index (κ1) is 34.4. The number of aryl methyl sites for hydroxylation is 1. The van der Waals surface area contributed by atoms with Crippen molar-refractivity contribution in [3.05, 3.63) is 89.0 Å². The molecule has 0 saturated carbocycles. The molecule has 0 fully saturated rings. The van der Waals surface area contributed by atoms with Crippen molar-refractivity contribution in [2.24, 2.45) is 0 Å². The van der Waals surface area contributed by atoms with Gasteiger partial charge in [0.25, 0.3) is 6.71 Å². The Bertz CT molecular complexity index is 2680. The maximum Gasteiger partial charge on any atom is 0.257 e. The van der Waals surface area contributed by atoms with E-state index in [4.69, 9.17) is 32.8 Å². The van der Waals surface area contributed by atoms with E-state index in [0.29, 0.717) is 39.6 Å². The van der Waals surface area contributed by atoms with Gasteiger partial charge in [-0.25, -0.2) is 0 Å². The first-order valence-corrected chi connectivity index (χ1v) is 20.1. The molecule has 0 unspecified atom stereocenters. The van der Waals surface area contributed by atoms with Crippen molar-refractivity contribution in [2.75, 3.05) is 49.4 Å². The van der Waals surface area contributed by atoms with Crippen LogP contribution in [0.3, 0.4) is 0 Å². The number of fused-ring (bicyclic) bond motifs is 9. The Balaban J connectivity index is 1.28. The summed E-state index contributed by atoms with van der Waals surface area (Å²) in [6.07, 6.45) is 0. The highest BCUT2D eigenvalue weighted by atomic mass is 16.6. The van der Waals surface area contributed by atoms with Gasteiger partial charge in [-0.2, -0.15) is 0 Å². The molecule has 57 heavy (non-hydrogen) atoms. The molecule has 0 bridgehead atoms. The summed E-state index contributed by atoms with van der Waals surface area (Å²) in [7, 11) is 0. The third-order valence-electron chi connectivity index (χ3n) is 12.1. The zero-order valence-electron chi connectivity index (χ0n) is 33.5. The SMILES string of the molecule is Cc1cc2c(c(C)c1N1c3cc(C(C)C)cc4c3B(c3cc5c(cc3N4c3ccc4c(c3)OCCO4)OCCO5)c3c1oc1ccc(C(C)(C)C)cc31)OCCO2. The first-order chi connectivity index (χ1) is 27.5. The van der Waals surface area contributed by atoms with Crippen LogP contribution >= 0.6 is 0 Å². The molecule has 0 spiro atoms. The lowest BCUT2D eigenvalue weighted by atomic mass is 9.33. The molecule has 6 heterocycles. The van der Waals surface area contributed by atoms with Crippen molar-refractivity contribution < 1.29 is 32.8 Å². The normalized spacial score (nSPS) is 16.1. The second-order valence-corrected chi connectivity index (χ2v) is 17.1. The molecule has 1 aromatic heterocycles. The fraction of sp³-hybridized carbons (Fsp3) is 0.319. The van der Waals surface area contributed by atoms with E-state index in [-0.39, 0.29) is 18.0 Å². The van der Waals surface area contributed by atoms with Gasteiger partial charge in [-0.15, -0.1) is 0 Å². The molecule has 11 rings (SSSR count). The predicted molar refractivity (Wildman–Crippen MR) is 225 cm³/mol. The summed E-state index contributed by atoms with van der Waals surface area (Å²) in [5.41, 5.74) is 13.9. The Morgan fingerprint density at radius 2 is 1.26 bits per heavy atom. The summed E-state index contributed by atoms with van der Waals surface area (Å²) < 4.78 is 44.5. The van der Waals surface area contributed by atoms with Gasteiger partial charge in [0.1, 0.15) is 45.2 Å². The molecule has 0 radical (unpaired) electrons. The standard InChI is InChI=1S/C47H45BN2O7/c1-25(2)28-19-34-43-35(20-28)50(44-26(3)18-41-45(27(44)4)56-17-16-55-41)46-42(31-21-29(47(5,6)7)8-10-36(31)57-46)48(43)32-23-39-40(54-15-14-53-39)24-33(32)49(34)30-9-11-37-38(22-30)52-13-12-51-37/h8-11,18-25H,12-17H2,1-7H3. The minimum atomic E-state index is -0.198. The smallest absolute Gasteiger partial charge is 0.257 e. The molecule has 9 nitrogen and oxygen atoms in total. The van der Waals surface area contributed by atoms with Gasteiger partial charge in [0.15, 0.2) is 34.5 Å². The van der Waals surface area contributed by atoms with Crippen molar-refractivity contribution in [3.63, 3.8) is 0 Å². The number of rotatable bonds is 3. The average molecular weight is 761 g/mol. The van der Waals surface area contributed by atoms with Crippen molar-refractivity contribution in [1.82, 2.24) is 0 Å². The van der Waals surface area contributed by atoms with Gasteiger partial charge in [-0.05, 0) is 101 Å². The van der Waals surface area contributed by atoms with E-state index in [0.717, 1.165) is 102 Å². The number of benzene rings is 5. The Morgan fingerprint density at radius 1 is 0.614 bits per heavy atom. The quantitative estimate of drug-likeness (QED) is 0.164. The van der Waals surface area contributed by atoms with E-state index in [1.165, 1.54) is 16.6 Å². The Morgan fingerprint density at radius 3 is 1.98 bits per heavy atom. The molecular formula is C47H45BN2O7. The van der Waals surface area contributed by atoms with Gasteiger partial charge < -0.3 is 37.7 Å². The number of furan rings is 1. The lowest BCUT2D eigenvalue weighted by Gasteiger charge is -2.44. The Labute approximate surface area is 333 Å². The van der Waals surface area contributed by atoms with Gasteiger partial charge in [0.05, 0.1) is 11.4 Å². The van der Waals surface area contributed by atoms with E-state index in [1.54, 1.807) is 0 Å². The molecule has 0 amide bonds. The fourth-order valence-corrected chi connectivity index (χ4v) is 9.39. The molecule has 5 aromatic carbocycles. The maximum absolute atomic E-state index is 7.19. The molecule has 0 atom stereocenters. The number of ether oxygens (including phenoxy) is 6. The summed E-state index contributed by atoms with van der Waals surface area (Å²) >= 11 is 0. The van der Waals surface area contributed by atoms with E-state index >= 15 is 0 Å². The Hall–Kier alpha value is -5.90. The lowest BCUT2D eigenvalue weighted by molar-refractivity contribution is 0.170. The van der Waals surface area contributed by atoms with Crippen LogP contribution in [0.5, 0.6) is 34.5 Å². The van der Waals surface area contributed by atoms with Gasteiger partial charge in [-0.3, -0.25) is 4.90 Å². The molecular weight excluding hydrogens is 715 g/mol. The van der Waals surface area contributed by atoms with Gasteiger partial charge >= 0.3 is 0 Å². The van der Waals surface area contributed by atoms with Crippen LogP contribution in [0.15, 0.2) is 71.1 Å². The summed E-state index contributed by atoms with van der Waals surface area (Å²) in [4.78, 5) is 4.74. The Kier molecular flexibility index (Phi) is 7.42. The predicted octanol–water partition coefficient (Wildman–Crippen LogP) is 8.87. The number of anilines is 6. The molecule has 0 saturated heterocycles. The van der Waals surface area contributed by atoms with Crippen LogP contribution in [0, 0.1) is 13.8 Å². The van der Waals surface area contributed by atoms with Gasteiger partial charge in [-0.1, -0.05) is 40.7 Å². The summed E-state index contributed by atoms with van der Waals surface area (Å²) in [5.74, 6) is 5.54. The lowest BCUT2D eigenvalue weighted by Crippen LogP contribution is -2.61. The third kappa shape index (κ3) is 5.08. The number of hydrogen-bond acceptors (Lipinski definition) is 9. The molecule has 5 aliphatic rings. The fourth-order valence-electron chi connectivity index (χ4n) is 9.39. The van der Waals surface area contributed by atoms with Crippen molar-refractivity contribution in [1.29, 1.82) is 0 Å². The highest BCUT2D eigenvalue weighted by Gasteiger charge is 2.48. The van der Waals surface area contributed by atoms with Crippen LogP contribution in [0.25, 0.3) is 11.0 Å². The second-order valence-electron chi connectivity index (χ2n) is 17.1. The van der Waals surface area contributed by atoms with Crippen LogP contribution in [0.1, 0.15) is 62.8 Å². The highest BCUT2D eigenvalue weighted by molar-refractivity contribution is 7.01. The molecule has 0 N–H and O–H groups in total. The molecule has 288 valence electrons. The summed E-state index contributed by atoms with van der Waals surface area (Å²) in [6, 6.07) is 24.2. The van der Waals surface area contributed by atoms with Crippen LogP contribution in [0.4, 0.5) is 34.3 Å². The largest absolute Gasteiger partial charge is 0.486 e. The number of nitrogens with zero attached hydrogens (tertiary/aromatic N) is 2. The molecule has 0 aliphatic carbocycles. The topological polar surface area (TPSA) is 75.0 Å². The maximum atomic E-state index is 7.19. The van der Waals surface area contributed by atoms with Crippen LogP contribution in [0.2, 0.25) is 0 Å². The van der Waals surface area contributed by atoms with Crippen LogP contribution in [-0.2, 0) is 5.41 Å². The second kappa shape index (κ2) is 12.3. The van der Waals surface area contributed by atoms with Gasteiger partial charge in [0.2, 0.25) is 5.88 Å². The van der Waals surface area contributed by atoms with E-state index in [2.05, 4.69) is 119 Å².